The molecule has 0 atom stereocenters. The monoisotopic (exact) mass is 449 g/mol. The topological polar surface area (TPSA) is 107 Å². The maximum Gasteiger partial charge on any atom is 0.275 e. The van der Waals surface area contributed by atoms with E-state index in [0.717, 1.165) is 32.5 Å². The van der Waals surface area contributed by atoms with Crippen LogP contribution in [0.5, 0.6) is 0 Å². The molecule has 0 aliphatic rings. The number of para-hydroxylation sites is 1. The lowest BCUT2D eigenvalue weighted by Crippen LogP contribution is -2.35. The molecule has 3 aromatic rings. The predicted molar refractivity (Wildman–Crippen MR) is 131 cm³/mol. The van der Waals surface area contributed by atoms with Gasteiger partial charge in [-0.2, -0.15) is 0 Å². The van der Waals surface area contributed by atoms with Gasteiger partial charge >= 0.3 is 0 Å². The number of H-pyrrole nitrogens is 1. The van der Waals surface area contributed by atoms with Crippen molar-refractivity contribution >= 4 is 28.5 Å². The fourth-order valence-corrected chi connectivity index (χ4v) is 3.80. The van der Waals surface area contributed by atoms with Gasteiger partial charge < -0.3 is 20.5 Å². The van der Waals surface area contributed by atoms with E-state index in [-0.39, 0.29) is 17.5 Å². The molecule has 0 radical (unpaired) electrons. The van der Waals surface area contributed by atoms with E-state index >= 15 is 0 Å². The molecule has 0 spiro atoms. The number of carbonyl (C=O) groups excluding carboxylic acids is 2. The van der Waals surface area contributed by atoms with Crippen molar-refractivity contribution in [1.29, 1.82) is 0 Å². The van der Waals surface area contributed by atoms with Gasteiger partial charge in [-0.1, -0.05) is 32.0 Å². The van der Waals surface area contributed by atoms with E-state index < -0.39 is 5.56 Å². The van der Waals surface area contributed by atoms with E-state index in [9.17, 15) is 14.4 Å². The molecule has 1 aromatic heterocycles. The molecule has 3 N–H and O–H groups in total. The van der Waals surface area contributed by atoms with E-state index in [0.29, 0.717) is 34.4 Å². The summed E-state index contributed by atoms with van der Waals surface area (Å²) < 4.78 is 0. The van der Waals surface area contributed by atoms with Crippen molar-refractivity contribution in [3.8, 4) is 11.3 Å². The van der Waals surface area contributed by atoms with Gasteiger partial charge in [0.15, 0.2) is 0 Å². The van der Waals surface area contributed by atoms with Crippen LogP contribution in [0.25, 0.3) is 22.3 Å². The second-order valence-electron chi connectivity index (χ2n) is 7.97. The first-order chi connectivity index (χ1) is 15.9. The van der Waals surface area contributed by atoms with E-state index in [1.54, 1.807) is 42.5 Å². The summed E-state index contributed by atoms with van der Waals surface area (Å²) in [4.78, 5) is 46.6. The fraction of sp³-hybridized carbons (Fsp3) is 0.360. The second-order valence-corrected chi connectivity index (χ2v) is 7.97. The quantitative estimate of drug-likeness (QED) is 0.440. The van der Waals surface area contributed by atoms with Crippen molar-refractivity contribution in [3.05, 3.63) is 58.4 Å². The van der Waals surface area contributed by atoms with Crippen molar-refractivity contribution in [2.24, 2.45) is 0 Å². The van der Waals surface area contributed by atoms with Gasteiger partial charge in [-0.3, -0.25) is 14.4 Å². The van der Waals surface area contributed by atoms with Crippen LogP contribution in [-0.2, 0) is 4.79 Å². The number of carbonyl (C=O) groups is 2. The van der Waals surface area contributed by atoms with Gasteiger partial charge in [0.05, 0.1) is 16.7 Å². The molecule has 0 bridgehead atoms. The number of fused-ring (bicyclic) bond motifs is 1. The summed E-state index contributed by atoms with van der Waals surface area (Å²) in [6, 6.07) is 12.1. The number of aromatic amines is 1. The molecule has 0 aliphatic heterocycles. The largest absolute Gasteiger partial charge is 0.351 e. The molecule has 0 unspecified atom stereocenters. The Labute approximate surface area is 193 Å². The minimum atomic E-state index is -0.396. The number of nitrogens with one attached hydrogen (secondary N) is 3. The zero-order valence-electron chi connectivity index (χ0n) is 19.4. The first kappa shape index (κ1) is 24.1. The van der Waals surface area contributed by atoms with Gasteiger partial charge in [0.25, 0.3) is 11.5 Å². The summed E-state index contributed by atoms with van der Waals surface area (Å²) in [5, 5.41) is 5.68. The van der Waals surface area contributed by atoms with Crippen LogP contribution in [0.3, 0.4) is 0 Å². The summed E-state index contributed by atoms with van der Waals surface area (Å²) in [5.74, 6) is -0.423. The third-order valence-electron chi connectivity index (χ3n) is 5.24. The average molecular weight is 450 g/mol. The number of anilines is 1. The molecule has 1 heterocycles. The molecule has 0 fully saturated rings. The number of rotatable bonds is 10. The van der Waals surface area contributed by atoms with Crippen LogP contribution in [-0.4, -0.2) is 52.9 Å². The molecule has 8 heteroatoms. The highest BCUT2D eigenvalue weighted by atomic mass is 16.2. The van der Waals surface area contributed by atoms with Crippen LogP contribution in [0, 0.1) is 0 Å². The molecule has 0 saturated carbocycles. The minimum Gasteiger partial charge on any atom is -0.351 e. The highest BCUT2D eigenvalue weighted by Gasteiger charge is 2.14. The Morgan fingerprint density at radius 3 is 2.45 bits per heavy atom. The van der Waals surface area contributed by atoms with E-state index in [1.807, 2.05) is 0 Å². The Hall–Kier alpha value is -3.52. The molecular weight excluding hydrogens is 418 g/mol. The normalized spacial score (nSPS) is 11.0. The van der Waals surface area contributed by atoms with Crippen molar-refractivity contribution in [3.63, 3.8) is 0 Å². The number of nitrogens with zero attached hydrogens (tertiary/aromatic N) is 2. The molecule has 3 rings (SSSR count). The van der Waals surface area contributed by atoms with Gasteiger partial charge in [-0.15, -0.1) is 0 Å². The van der Waals surface area contributed by atoms with Crippen LogP contribution < -0.4 is 16.2 Å². The van der Waals surface area contributed by atoms with Gasteiger partial charge in [-0.25, -0.2) is 4.98 Å². The van der Waals surface area contributed by atoms with E-state index in [4.69, 9.17) is 0 Å². The summed E-state index contributed by atoms with van der Waals surface area (Å²) in [6.45, 7) is 9.09. The van der Waals surface area contributed by atoms with Crippen molar-refractivity contribution in [2.75, 3.05) is 31.5 Å². The average Bonchev–Trinajstić information content (AvgIpc) is 2.78. The highest BCUT2D eigenvalue weighted by molar-refractivity contribution is 5.98. The maximum atomic E-state index is 12.8. The van der Waals surface area contributed by atoms with Crippen molar-refractivity contribution in [1.82, 2.24) is 20.2 Å². The smallest absolute Gasteiger partial charge is 0.275 e. The predicted octanol–water partition coefficient (Wildman–Crippen LogP) is 3.40. The molecule has 8 nitrogen and oxygen atoms in total. The molecule has 0 saturated heterocycles. The van der Waals surface area contributed by atoms with Crippen LogP contribution in [0.4, 0.5) is 5.69 Å². The van der Waals surface area contributed by atoms with E-state index in [1.165, 1.54) is 6.92 Å². The first-order valence-electron chi connectivity index (χ1n) is 11.3. The third-order valence-corrected chi connectivity index (χ3v) is 5.24. The Morgan fingerprint density at radius 2 is 1.76 bits per heavy atom. The molecule has 2 aromatic carbocycles. The molecule has 2 amide bonds. The summed E-state index contributed by atoms with van der Waals surface area (Å²) in [5.41, 5.74) is 2.34. The zero-order valence-corrected chi connectivity index (χ0v) is 19.4. The highest BCUT2D eigenvalue weighted by Crippen LogP contribution is 2.25. The van der Waals surface area contributed by atoms with E-state index in [2.05, 4.69) is 39.3 Å². The Morgan fingerprint density at radius 1 is 1.03 bits per heavy atom. The van der Waals surface area contributed by atoms with Crippen molar-refractivity contribution in [2.45, 2.75) is 33.6 Å². The molecule has 33 heavy (non-hydrogen) atoms. The molecule has 0 aliphatic carbocycles. The standard InChI is InChI=1S/C25H31N5O3/c1-4-13-30(14-5-2)15-12-26-24(32)18-10-11-21-22(16-18)29-25(33)23(28-21)19-8-6-7-9-20(19)27-17(3)31/h6-11,16H,4-5,12-15H2,1-3H3,(H,26,32)(H,27,31)(H,29,33). The molecular formula is C25H31N5O3. The number of hydrogen-bond donors (Lipinski definition) is 3. The van der Waals surface area contributed by atoms with Crippen LogP contribution in [0.1, 0.15) is 44.0 Å². The first-order valence-corrected chi connectivity index (χ1v) is 11.3. The van der Waals surface area contributed by atoms with Gasteiger partial charge in [0, 0.05) is 31.1 Å². The SMILES string of the molecule is CCCN(CCC)CCNC(=O)c1ccc2nc(-c3ccccc3NC(C)=O)c(=O)[nH]c2c1. The zero-order chi connectivity index (χ0) is 23.8. The van der Waals surface area contributed by atoms with Gasteiger partial charge in [0.1, 0.15) is 5.69 Å². The number of hydrogen-bond acceptors (Lipinski definition) is 5. The Balaban J connectivity index is 1.79. The number of benzene rings is 2. The summed E-state index contributed by atoms with van der Waals surface area (Å²) >= 11 is 0. The van der Waals surface area contributed by atoms with Crippen LogP contribution >= 0.6 is 0 Å². The van der Waals surface area contributed by atoms with Crippen molar-refractivity contribution < 1.29 is 9.59 Å². The van der Waals surface area contributed by atoms with Gasteiger partial charge in [-0.05, 0) is 50.2 Å². The lowest BCUT2D eigenvalue weighted by atomic mass is 10.1. The van der Waals surface area contributed by atoms with Gasteiger partial charge in [0.2, 0.25) is 5.91 Å². The Kier molecular flexibility index (Phi) is 8.32. The fourth-order valence-electron chi connectivity index (χ4n) is 3.80. The summed E-state index contributed by atoms with van der Waals surface area (Å²) in [6.07, 6.45) is 2.16. The lowest BCUT2D eigenvalue weighted by molar-refractivity contribution is -0.114. The minimum absolute atomic E-state index is 0.189. The Bertz CT molecular complexity index is 1180. The third kappa shape index (κ3) is 6.26. The summed E-state index contributed by atoms with van der Waals surface area (Å²) in [7, 11) is 0. The second kappa shape index (κ2) is 11.4. The number of aromatic nitrogens is 2. The van der Waals surface area contributed by atoms with Crippen LogP contribution in [0.15, 0.2) is 47.3 Å². The number of amides is 2. The van der Waals surface area contributed by atoms with Crippen LogP contribution in [0.2, 0.25) is 0 Å². The lowest BCUT2D eigenvalue weighted by Gasteiger charge is -2.20. The molecule has 174 valence electrons. The maximum absolute atomic E-state index is 12.8.